The van der Waals surface area contributed by atoms with Gasteiger partial charge in [0, 0.05) is 6.42 Å². The van der Waals surface area contributed by atoms with Crippen molar-refractivity contribution in [2.75, 3.05) is 4.43 Å². The van der Waals surface area contributed by atoms with Crippen molar-refractivity contribution in [1.82, 2.24) is 0 Å². The lowest BCUT2D eigenvalue weighted by molar-refractivity contribution is 0.983. The molecule has 0 amide bonds. The third-order valence-corrected chi connectivity index (χ3v) is 0.948. The molecule has 0 N–H and O–H groups in total. The first-order chi connectivity index (χ1) is 3.41. The first kappa shape index (κ1) is 7.29. The summed E-state index contributed by atoms with van der Waals surface area (Å²) >= 11 is 2.25. The van der Waals surface area contributed by atoms with Crippen LogP contribution in [0.1, 0.15) is 19.8 Å². The van der Waals surface area contributed by atoms with E-state index in [1.165, 1.54) is 6.42 Å². The molecule has 0 rings (SSSR count). The van der Waals surface area contributed by atoms with Crippen molar-refractivity contribution in [2.45, 2.75) is 19.8 Å². The van der Waals surface area contributed by atoms with Gasteiger partial charge in [0.2, 0.25) is 0 Å². The van der Waals surface area contributed by atoms with E-state index in [1.54, 1.807) is 0 Å². The van der Waals surface area contributed by atoms with E-state index in [0.717, 1.165) is 10.8 Å². The number of hydrogen-bond acceptors (Lipinski definition) is 0. The molecule has 0 bridgehead atoms. The van der Waals surface area contributed by atoms with Crippen molar-refractivity contribution >= 4 is 22.6 Å². The van der Waals surface area contributed by atoms with Crippen LogP contribution in [0, 0.1) is 11.8 Å². The van der Waals surface area contributed by atoms with E-state index in [2.05, 4.69) is 41.4 Å². The normalized spacial score (nSPS) is 7.14. The van der Waals surface area contributed by atoms with Crippen molar-refractivity contribution in [1.29, 1.82) is 0 Å². The molecule has 0 aromatic heterocycles. The van der Waals surface area contributed by atoms with Crippen LogP contribution in [0.4, 0.5) is 0 Å². The lowest BCUT2D eigenvalue weighted by Gasteiger charge is -1.73. The number of unbranched alkanes of at least 4 members (excludes halogenated alkanes) is 1. The molecule has 0 spiro atoms. The molecular formula is C6H9I. The van der Waals surface area contributed by atoms with Crippen LogP contribution >= 0.6 is 22.6 Å². The number of alkyl halides is 1. The third-order valence-electron chi connectivity index (χ3n) is 0.567. The molecule has 0 aliphatic heterocycles. The Morgan fingerprint density at radius 2 is 2.14 bits per heavy atom. The molecule has 40 valence electrons. The molecule has 1 heteroatoms. The van der Waals surface area contributed by atoms with E-state index in [0.29, 0.717) is 0 Å². The maximum Gasteiger partial charge on any atom is 0.0609 e. The molecule has 0 nitrogen and oxygen atoms in total. The predicted molar refractivity (Wildman–Crippen MR) is 41.6 cm³/mol. The largest absolute Gasteiger partial charge is 0.103 e. The Balaban J connectivity index is 2.91. The van der Waals surface area contributed by atoms with Gasteiger partial charge in [-0.25, -0.2) is 0 Å². The van der Waals surface area contributed by atoms with Crippen LogP contribution in [0.5, 0.6) is 0 Å². The maximum atomic E-state index is 3.03. The van der Waals surface area contributed by atoms with Gasteiger partial charge in [0.25, 0.3) is 0 Å². The first-order valence-corrected chi connectivity index (χ1v) is 3.96. The maximum absolute atomic E-state index is 3.03. The minimum Gasteiger partial charge on any atom is -0.103 e. The number of halogens is 1. The molecule has 0 heterocycles. The van der Waals surface area contributed by atoms with Crippen LogP contribution in [0.25, 0.3) is 0 Å². The van der Waals surface area contributed by atoms with Gasteiger partial charge >= 0.3 is 0 Å². The quantitative estimate of drug-likeness (QED) is 0.352. The van der Waals surface area contributed by atoms with Gasteiger partial charge in [-0.3, -0.25) is 0 Å². The summed E-state index contributed by atoms with van der Waals surface area (Å²) in [6.07, 6.45) is 2.24. The van der Waals surface area contributed by atoms with Crippen molar-refractivity contribution in [2.24, 2.45) is 0 Å². The van der Waals surface area contributed by atoms with Gasteiger partial charge in [-0.15, -0.1) is 5.92 Å². The Morgan fingerprint density at radius 3 is 2.57 bits per heavy atom. The van der Waals surface area contributed by atoms with E-state index < -0.39 is 0 Å². The molecule has 0 unspecified atom stereocenters. The van der Waals surface area contributed by atoms with Crippen LogP contribution in [0.2, 0.25) is 0 Å². The second-order valence-electron chi connectivity index (χ2n) is 1.24. The van der Waals surface area contributed by atoms with E-state index in [1.807, 2.05) is 0 Å². The van der Waals surface area contributed by atoms with Gasteiger partial charge < -0.3 is 0 Å². The Bertz CT molecular complexity index is 75.9. The molecular weight excluding hydrogens is 199 g/mol. The highest BCUT2D eigenvalue weighted by Crippen LogP contribution is 1.82. The van der Waals surface area contributed by atoms with Crippen LogP contribution in [-0.2, 0) is 0 Å². The monoisotopic (exact) mass is 208 g/mol. The van der Waals surface area contributed by atoms with Crippen molar-refractivity contribution in [3.63, 3.8) is 0 Å². The van der Waals surface area contributed by atoms with E-state index in [9.17, 15) is 0 Å². The van der Waals surface area contributed by atoms with Gasteiger partial charge in [-0.2, -0.15) is 0 Å². The molecule has 0 aliphatic carbocycles. The zero-order chi connectivity index (χ0) is 5.54. The summed E-state index contributed by atoms with van der Waals surface area (Å²) < 4.78 is 0.970. The van der Waals surface area contributed by atoms with Gasteiger partial charge in [0.1, 0.15) is 0 Å². The van der Waals surface area contributed by atoms with Crippen LogP contribution < -0.4 is 0 Å². The number of hydrogen-bond donors (Lipinski definition) is 0. The third kappa shape index (κ3) is 6.29. The van der Waals surface area contributed by atoms with Crippen molar-refractivity contribution in [3.8, 4) is 11.8 Å². The minimum atomic E-state index is 0.970. The Kier molecular flexibility index (Phi) is 6.55. The number of rotatable bonds is 1. The highest BCUT2D eigenvalue weighted by atomic mass is 127. The second-order valence-corrected chi connectivity index (χ2v) is 2.00. The highest BCUT2D eigenvalue weighted by Gasteiger charge is 1.66. The summed E-state index contributed by atoms with van der Waals surface area (Å²) in [5.41, 5.74) is 0. The molecule has 0 atom stereocenters. The molecule has 0 fully saturated rings. The molecule has 0 aliphatic rings. The molecule has 0 radical (unpaired) electrons. The van der Waals surface area contributed by atoms with Crippen LogP contribution in [0.3, 0.4) is 0 Å². The smallest absolute Gasteiger partial charge is 0.0609 e. The first-order valence-electron chi connectivity index (χ1n) is 2.43. The van der Waals surface area contributed by atoms with Gasteiger partial charge in [0.05, 0.1) is 4.43 Å². The topological polar surface area (TPSA) is 0 Å². The summed E-state index contributed by atoms with van der Waals surface area (Å²) in [6.45, 7) is 2.14. The average Bonchev–Trinajstić information content (AvgIpc) is 1.69. The van der Waals surface area contributed by atoms with Crippen LogP contribution in [-0.4, -0.2) is 4.43 Å². The molecule has 7 heavy (non-hydrogen) atoms. The molecule has 0 aromatic rings. The summed E-state index contributed by atoms with van der Waals surface area (Å²) in [7, 11) is 0. The van der Waals surface area contributed by atoms with Crippen molar-refractivity contribution in [3.05, 3.63) is 0 Å². The summed E-state index contributed by atoms with van der Waals surface area (Å²) in [4.78, 5) is 0. The molecule has 0 saturated heterocycles. The fourth-order valence-corrected chi connectivity index (χ4v) is 0.530. The lowest BCUT2D eigenvalue weighted by atomic mass is 10.3. The molecule has 0 aromatic carbocycles. The lowest BCUT2D eigenvalue weighted by Crippen LogP contribution is -1.61. The van der Waals surface area contributed by atoms with Crippen molar-refractivity contribution < 1.29 is 0 Å². The Morgan fingerprint density at radius 1 is 1.43 bits per heavy atom. The van der Waals surface area contributed by atoms with Gasteiger partial charge in [-0.05, 0) is 6.42 Å². The fraction of sp³-hybridized carbons (Fsp3) is 0.667. The zero-order valence-electron chi connectivity index (χ0n) is 4.50. The highest BCUT2D eigenvalue weighted by molar-refractivity contribution is 14.1. The molecule has 0 saturated carbocycles. The Labute approximate surface area is 58.8 Å². The average molecular weight is 208 g/mol. The summed E-state index contributed by atoms with van der Waals surface area (Å²) in [6, 6.07) is 0. The Hall–Kier alpha value is 0.290. The summed E-state index contributed by atoms with van der Waals surface area (Å²) in [5, 5.41) is 0. The van der Waals surface area contributed by atoms with Gasteiger partial charge in [0.15, 0.2) is 0 Å². The van der Waals surface area contributed by atoms with Crippen LogP contribution in [0.15, 0.2) is 0 Å². The second kappa shape index (κ2) is 6.29. The minimum absolute atomic E-state index is 0.970. The van der Waals surface area contributed by atoms with E-state index >= 15 is 0 Å². The zero-order valence-corrected chi connectivity index (χ0v) is 6.66. The van der Waals surface area contributed by atoms with E-state index in [4.69, 9.17) is 0 Å². The van der Waals surface area contributed by atoms with E-state index in [-0.39, 0.29) is 0 Å². The fourth-order valence-electron chi connectivity index (χ4n) is 0.261. The van der Waals surface area contributed by atoms with Gasteiger partial charge in [-0.1, -0.05) is 35.4 Å². The summed E-state index contributed by atoms with van der Waals surface area (Å²) in [5.74, 6) is 6.01. The standard InChI is InChI=1S/C6H9I/c1-2-3-4-5-6-7/h2-3,6H2,1H3. The predicted octanol–water partition coefficient (Wildman–Crippen LogP) is 2.22. The SMILES string of the molecule is CCCC#CCI.